The van der Waals surface area contributed by atoms with Gasteiger partial charge in [-0.05, 0) is 29.8 Å². The summed E-state index contributed by atoms with van der Waals surface area (Å²) in [6.45, 7) is 0.397. The van der Waals surface area contributed by atoms with Crippen LogP contribution in [0.5, 0.6) is 5.75 Å². The van der Waals surface area contributed by atoms with Crippen LogP contribution in [0.25, 0.3) is 0 Å². The number of nitrogens with one attached hydrogen (secondary N) is 1. The molecule has 0 amide bonds. The maximum absolute atomic E-state index is 12.7. The van der Waals surface area contributed by atoms with E-state index in [1.54, 1.807) is 18.2 Å². The number of hydrogen-bond donors (Lipinski definition) is 2. The van der Waals surface area contributed by atoms with Gasteiger partial charge < -0.3 is 10.2 Å². The molecule has 17 heavy (non-hydrogen) atoms. The Balaban J connectivity index is 1.99. The number of nitrogens with two attached hydrogens (primary N) is 1. The molecule has 0 atom stereocenters. The van der Waals surface area contributed by atoms with Crippen molar-refractivity contribution < 1.29 is 9.13 Å². The highest BCUT2D eigenvalue weighted by atomic mass is 19.1. The normalized spacial score (nSPS) is 10.0. The maximum atomic E-state index is 12.7. The molecule has 0 saturated carbocycles. The van der Waals surface area contributed by atoms with Gasteiger partial charge in [0.25, 0.3) is 0 Å². The molecule has 0 fully saturated rings. The number of nitrogen functional groups attached to an aromatic ring is 1. The van der Waals surface area contributed by atoms with E-state index in [9.17, 15) is 4.39 Å². The summed E-state index contributed by atoms with van der Waals surface area (Å²) in [4.78, 5) is 0. The van der Waals surface area contributed by atoms with Crippen LogP contribution in [0.15, 0.2) is 48.5 Å². The quantitative estimate of drug-likeness (QED) is 0.629. The second kappa shape index (κ2) is 5.32. The van der Waals surface area contributed by atoms with Crippen molar-refractivity contribution in [3.05, 3.63) is 59.9 Å². The van der Waals surface area contributed by atoms with E-state index in [0.717, 1.165) is 11.3 Å². The van der Waals surface area contributed by atoms with E-state index >= 15 is 0 Å². The first-order valence-electron chi connectivity index (χ1n) is 5.22. The summed E-state index contributed by atoms with van der Waals surface area (Å²) in [5, 5.41) is 0. The minimum absolute atomic E-state index is 0.247. The van der Waals surface area contributed by atoms with Gasteiger partial charge >= 0.3 is 0 Å². The van der Waals surface area contributed by atoms with Crippen molar-refractivity contribution in [1.82, 2.24) is 0 Å². The first-order valence-corrected chi connectivity index (χ1v) is 5.22. The van der Waals surface area contributed by atoms with Crippen molar-refractivity contribution in [3.63, 3.8) is 0 Å². The SMILES string of the molecule is NNc1cccc(OCc2ccc(F)cc2)c1. The van der Waals surface area contributed by atoms with Gasteiger partial charge in [-0.25, -0.2) is 4.39 Å². The third kappa shape index (κ3) is 3.19. The fourth-order valence-electron chi connectivity index (χ4n) is 1.42. The molecule has 88 valence electrons. The summed E-state index contributed by atoms with van der Waals surface area (Å²) in [5.41, 5.74) is 4.24. The molecule has 0 aliphatic carbocycles. The van der Waals surface area contributed by atoms with Gasteiger partial charge in [0.1, 0.15) is 18.2 Å². The predicted molar refractivity (Wildman–Crippen MR) is 65.0 cm³/mol. The molecule has 0 aromatic heterocycles. The Labute approximate surface area is 99.0 Å². The van der Waals surface area contributed by atoms with E-state index in [0.29, 0.717) is 12.4 Å². The average molecular weight is 232 g/mol. The van der Waals surface area contributed by atoms with Crippen LogP contribution in [-0.4, -0.2) is 0 Å². The number of hydrogen-bond acceptors (Lipinski definition) is 3. The standard InChI is InChI=1S/C13H13FN2O/c14-11-6-4-10(5-7-11)9-17-13-3-1-2-12(8-13)16-15/h1-8,16H,9,15H2. The van der Waals surface area contributed by atoms with Crippen molar-refractivity contribution in [2.45, 2.75) is 6.61 Å². The summed E-state index contributed by atoms with van der Waals surface area (Å²) >= 11 is 0. The topological polar surface area (TPSA) is 47.3 Å². The summed E-state index contributed by atoms with van der Waals surface area (Å²) in [6.07, 6.45) is 0. The lowest BCUT2D eigenvalue weighted by Gasteiger charge is -2.07. The predicted octanol–water partition coefficient (Wildman–Crippen LogP) is 2.69. The van der Waals surface area contributed by atoms with Gasteiger partial charge in [-0.1, -0.05) is 18.2 Å². The van der Waals surface area contributed by atoms with Crippen LogP contribution < -0.4 is 16.0 Å². The van der Waals surface area contributed by atoms with Crippen molar-refractivity contribution in [3.8, 4) is 5.75 Å². The monoisotopic (exact) mass is 232 g/mol. The number of halogens is 1. The molecule has 2 aromatic rings. The molecule has 0 radical (unpaired) electrons. The van der Waals surface area contributed by atoms with Crippen molar-refractivity contribution >= 4 is 5.69 Å². The van der Waals surface area contributed by atoms with Crippen molar-refractivity contribution in [1.29, 1.82) is 0 Å². The van der Waals surface area contributed by atoms with Gasteiger partial charge in [0, 0.05) is 6.07 Å². The summed E-state index contributed by atoms with van der Waals surface area (Å²) in [7, 11) is 0. The molecule has 2 aromatic carbocycles. The highest BCUT2D eigenvalue weighted by Gasteiger charge is 1.97. The molecule has 0 bridgehead atoms. The van der Waals surface area contributed by atoms with E-state index in [4.69, 9.17) is 10.6 Å². The Hall–Kier alpha value is -2.07. The zero-order valence-corrected chi connectivity index (χ0v) is 9.19. The van der Waals surface area contributed by atoms with E-state index in [-0.39, 0.29) is 5.82 Å². The second-order valence-electron chi connectivity index (χ2n) is 3.59. The van der Waals surface area contributed by atoms with E-state index in [2.05, 4.69) is 5.43 Å². The first kappa shape index (κ1) is 11.4. The van der Waals surface area contributed by atoms with Crippen LogP contribution in [0.2, 0.25) is 0 Å². The van der Waals surface area contributed by atoms with Crippen LogP contribution in [0, 0.1) is 5.82 Å². The molecule has 3 nitrogen and oxygen atoms in total. The molecule has 4 heteroatoms. The Kier molecular flexibility index (Phi) is 3.57. The molecule has 0 spiro atoms. The van der Waals surface area contributed by atoms with E-state index < -0.39 is 0 Å². The molecule has 3 N–H and O–H groups in total. The maximum Gasteiger partial charge on any atom is 0.123 e. The van der Waals surface area contributed by atoms with Crippen molar-refractivity contribution in [2.75, 3.05) is 5.43 Å². The highest BCUT2D eigenvalue weighted by molar-refractivity contribution is 5.47. The van der Waals surface area contributed by atoms with Crippen molar-refractivity contribution in [2.24, 2.45) is 5.84 Å². The lowest BCUT2D eigenvalue weighted by molar-refractivity contribution is 0.306. The van der Waals surface area contributed by atoms with Crippen LogP contribution >= 0.6 is 0 Å². The molecule has 0 aliphatic rings. The lowest BCUT2D eigenvalue weighted by Crippen LogP contribution is -2.06. The third-order valence-electron chi connectivity index (χ3n) is 2.32. The van der Waals surface area contributed by atoms with Gasteiger partial charge in [0.15, 0.2) is 0 Å². The number of rotatable bonds is 4. The zero-order chi connectivity index (χ0) is 12.1. The van der Waals surface area contributed by atoms with Gasteiger partial charge in [0.05, 0.1) is 5.69 Å². The number of anilines is 1. The number of hydrazine groups is 1. The molecule has 2 rings (SSSR count). The number of ether oxygens (including phenoxy) is 1. The smallest absolute Gasteiger partial charge is 0.123 e. The van der Waals surface area contributed by atoms with Crippen LogP contribution in [0.3, 0.4) is 0 Å². The lowest BCUT2D eigenvalue weighted by atomic mass is 10.2. The Bertz CT molecular complexity index is 485. The zero-order valence-electron chi connectivity index (χ0n) is 9.19. The summed E-state index contributed by atoms with van der Waals surface area (Å²) in [6, 6.07) is 13.5. The Morgan fingerprint density at radius 1 is 1.12 bits per heavy atom. The van der Waals surface area contributed by atoms with Gasteiger partial charge in [-0.3, -0.25) is 5.84 Å². The molecule has 0 aliphatic heterocycles. The number of benzene rings is 2. The average Bonchev–Trinajstić information content (AvgIpc) is 2.38. The molecular formula is C13H13FN2O. The summed E-state index contributed by atoms with van der Waals surface area (Å²) in [5.74, 6) is 5.76. The highest BCUT2D eigenvalue weighted by Crippen LogP contribution is 2.17. The molecule has 0 heterocycles. The van der Waals surface area contributed by atoms with E-state index in [1.807, 2.05) is 18.2 Å². The summed E-state index contributed by atoms with van der Waals surface area (Å²) < 4.78 is 18.2. The molecular weight excluding hydrogens is 219 g/mol. The Morgan fingerprint density at radius 3 is 2.59 bits per heavy atom. The molecule has 0 unspecified atom stereocenters. The van der Waals surface area contributed by atoms with Gasteiger partial charge in [-0.2, -0.15) is 0 Å². The van der Waals surface area contributed by atoms with Crippen LogP contribution in [-0.2, 0) is 6.61 Å². The van der Waals surface area contributed by atoms with Crippen LogP contribution in [0.1, 0.15) is 5.56 Å². The third-order valence-corrected chi connectivity index (χ3v) is 2.32. The van der Waals surface area contributed by atoms with Gasteiger partial charge in [-0.15, -0.1) is 0 Å². The van der Waals surface area contributed by atoms with Crippen LogP contribution in [0.4, 0.5) is 10.1 Å². The first-order chi connectivity index (χ1) is 8.28. The fraction of sp³-hybridized carbons (Fsp3) is 0.0769. The Morgan fingerprint density at radius 2 is 1.88 bits per heavy atom. The minimum Gasteiger partial charge on any atom is -0.489 e. The fourth-order valence-corrected chi connectivity index (χ4v) is 1.42. The molecule has 0 saturated heterocycles. The largest absolute Gasteiger partial charge is 0.489 e. The minimum atomic E-state index is -0.247. The second-order valence-corrected chi connectivity index (χ2v) is 3.59. The van der Waals surface area contributed by atoms with E-state index in [1.165, 1.54) is 12.1 Å². The van der Waals surface area contributed by atoms with Gasteiger partial charge in [0.2, 0.25) is 0 Å².